The summed E-state index contributed by atoms with van der Waals surface area (Å²) in [5.41, 5.74) is 7.22. The molecule has 36 heavy (non-hydrogen) atoms. The second-order valence-corrected chi connectivity index (χ2v) is 8.54. The predicted molar refractivity (Wildman–Crippen MR) is 148 cm³/mol. The Labute approximate surface area is 211 Å². The van der Waals surface area contributed by atoms with Gasteiger partial charge in [0.25, 0.3) is 0 Å². The standard InChI is InChI=1S/C33H23N3/c1-24-12-20-31-30(32(24)22-34)21-17-26(33(31)23-35)16-13-25-14-18-29(19-15-25)36(27-8-4-2-5-9-27)28-10-6-3-7-11-28/h2-21H,1H3. The molecule has 0 fully saturated rings. The van der Waals surface area contributed by atoms with Crippen molar-refractivity contribution in [3.05, 3.63) is 137 Å². The molecule has 0 N–H and O–H groups in total. The Morgan fingerprint density at radius 3 is 1.67 bits per heavy atom. The van der Waals surface area contributed by atoms with Crippen LogP contribution in [0.3, 0.4) is 0 Å². The van der Waals surface area contributed by atoms with Gasteiger partial charge in [0, 0.05) is 27.8 Å². The van der Waals surface area contributed by atoms with Crippen LogP contribution in [0.2, 0.25) is 0 Å². The minimum absolute atomic E-state index is 0.580. The topological polar surface area (TPSA) is 50.8 Å². The van der Waals surface area contributed by atoms with Gasteiger partial charge in [-0.25, -0.2) is 0 Å². The van der Waals surface area contributed by atoms with Crippen LogP contribution < -0.4 is 4.90 Å². The van der Waals surface area contributed by atoms with E-state index in [-0.39, 0.29) is 0 Å². The average Bonchev–Trinajstić information content (AvgIpc) is 2.93. The lowest BCUT2D eigenvalue weighted by Gasteiger charge is -2.25. The molecule has 0 radical (unpaired) electrons. The summed E-state index contributed by atoms with van der Waals surface area (Å²) >= 11 is 0. The van der Waals surface area contributed by atoms with Gasteiger partial charge in [-0.15, -0.1) is 0 Å². The summed E-state index contributed by atoms with van der Waals surface area (Å²) in [7, 11) is 0. The monoisotopic (exact) mass is 461 g/mol. The molecule has 5 aromatic carbocycles. The molecule has 0 heterocycles. The number of para-hydroxylation sites is 2. The maximum absolute atomic E-state index is 9.89. The third-order valence-electron chi connectivity index (χ3n) is 6.30. The molecule has 3 heteroatoms. The second kappa shape index (κ2) is 10.0. The molecule has 0 aliphatic heterocycles. The molecule has 5 aromatic rings. The highest BCUT2D eigenvalue weighted by molar-refractivity contribution is 5.96. The van der Waals surface area contributed by atoms with Gasteiger partial charge in [-0.1, -0.05) is 84.9 Å². The Morgan fingerprint density at radius 1 is 0.556 bits per heavy atom. The summed E-state index contributed by atoms with van der Waals surface area (Å²) in [6.45, 7) is 1.91. The molecule has 0 spiro atoms. The first kappa shape index (κ1) is 22.7. The van der Waals surface area contributed by atoms with Gasteiger partial charge in [0.05, 0.1) is 11.1 Å². The van der Waals surface area contributed by atoms with E-state index in [1.807, 2.05) is 79.7 Å². The van der Waals surface area contributed by atoms with Crippen molar-refractivity contribution in [2.75, 3.05) is 4.90 Å². The predicted octanol–water partition coefficient (Wildman–Crippen LogP) is 8.53. The van der Waals surface area contributed by atoms with Crippen LogP contribution in [0.1, 0.15) is 27.8 Å². The lowest BCUT2D eigenvalue weighted by molar-refractivity contribution is 1.28. The maximum Gasteiger partial charge on any atom is 0.100 e. The molecule has 3 nitrogen and oxygen atoms in total. The van der Waals surface area contributed by atoms with Crippen molar-refractivity contribution in [3.8, 4) is 12.1 Å². The first-order valence-electron chi connectivity index (χ1n) is 11.7. The minimum atomic E-state index is 0.580. The van der Waals surface area contributed by atoms with Gasteiger partial charge in [-0.2, -0.15) is 10.5 Å². The lowest BCUT2D eigenvalue weighted by Crippen LogP contribution is -2.09. The number of nitrogens with zero attached hydrogens (tertiary/aromatic N) is 3. The molecule has 0 bridgehead atoms. The fraction of sp³-hybridized carbons (Fsp3) is 0.0303. The number of nitriles is 2. The SMILES string of the molecule is Cc1ccc2c(C#N)c(C=Cc3ccc(N(c4ccccc4)c4ccccc4)cc3)ccc2c1C#N. The zero-order valence-electron chi connectivity index (χ0n) is 19.9. The van der Waals surface area contributed by atoms with Crippen molar-refractivity contribution >= 4 is 40.0 Å². The van der Waals surface area contributed by atoms with E-state index >= 15 is 0 Å². The number of benzene rings is 5. The van der Waals surface area contributed by atoms with E-state index < -0.39 is 0 Å². The molecule has 0 aromatic heterocycles. The highest BCUT2D eigenvalue weighted by Crippen LogP contribution is 2.34. The molecular formula is C33H23N3. The van der Waals surface area contributed by atoms with Crippen molar-refractivity contribution in [1.29, 1.82) is 10.5 Å². The first-order chi connectivity index (χ1) is 17.7. The Balaban J connectivity index is 1.48. The van der Waals surface area contributed by atoms with Crippen LogP contribution in [0.4, 0.5) is 17.1 Å². The highest BCUT2D eigenvalue weighted by Gasteiger charge is 2.12. The van der Waals surface area contributed by atoms with E-state index in [1.54, 1.807) is 0 Å². The average molecular weight is 462 g/mol. The first-order valence-corrected chi connectivity index (χ1v) is 11.7. The minimum Gasteiger partial charge on any atom is -0.311 e. The second-order valence-electron chi connectivity index (χ2n) is 8.54. The number of fused-ring (bicyclic) bond motifs is 1. The quantitative estimate of drug-likeness (QED) is 0.246. The Kier molecular flexibility index (Phi) is 6.31. The van der Waals surface area contributed by atoms with E-state index in [4.69, 9.17) is 0 Å². The number of anilines is 3. The maximum atomic E-state index is 9.89. The normalized spacial score (nSPS) is 10.8. The smallest absolute Gasteiger partial charge is 0.100 e. The lowest BCUT2D eigenvalue weighted by atomic mass is 9.94. The van der Waals surface area contributed by atoms with Gasteiger partial charge in [0.1, 0.15) is 12.1 Å². The zero-order valence-corrected chi connectivity index (χ0v) is 19.9. The molecule has 0 atom stereocenters. The summed E-state index contributed by atoms with van der Waals surface area (Å²) in [5.74, 6) is 0. The van der Waals surface area contributed by atoms with E-state index in [0.29, 0.717) is 11.1 Å². The molecule has 0 saturated heterocycles. The van der Waals surface area contributed by atoms with Gasteiger partial charge in [0.15, 0.2) is 0 Å². The largest absolute Gasteiger partial charge is 0.311 e. The van der Waals surface area contributed by atoms with E-state index in [0.717, 1.165) is 44.5 Å². The zero-order chi connectivity index (χ0) is 24.9. The van der Waals surface area contributed by atoms with Crippen molar-refractivity contribution in [3.63, 3.8) is 0 Å². The summed E-state index contributed by atoms with van der Waals surface area (Å²) in [4.78, 5) is 2.22. The summed E-state index contributed by atoms with van der Waals surface area (Å²) in [5, 5.41) is 21.1. The van der Waals surface area contributed by atoms with Crippen molar-refractivity contribution in [1.82, 2.24) is 0 Å². The molecule has 0 unspecified atom stereocenters. The van der Waals surface area contributed by atoms with Crippen molar-refractivity contribution < 1.29 is 0 Å². The molecule has 0 saturated carbocycles. The van der Waals surface area contributed by atoms with Crippen LogP contribution in [0.25, 0.3) is 22.9 Å². The Hall–Kier alpha value is -5.12. The Morgan fingerprint density at radius 2 is 1.08 bits per heavy atom. The van der Waals surface area contributed by atoms with Crippen LogP contribution in [0.15, 0.2) is 109 Å². The summed E-state index contributed by atoms with van der Waals surface area (Å²) in [6, 6.07) is 41.3. The molecular weight excluding hydrogens is 438 g/mol. The van der Waals surface area contributed by atoms with E-state index in [1.165, 1.54) is 0 Å². The molecule has 170 valence electrons. The van der Waals surface area contributed by atoms with Crippen molar-refractivity contribution in [2.45, 2.75) is 6.92 Å². The van der Waals surface area contributed by atoms with E-state index in [9.17, 15) is 10.5 Å². The van der Waals surface area contributed by atoms with Gasteiger partial charge in [0.2, 0.25) is 0 Å². The molecule has 0 aliphatic carbocycles. The van der Waals surface area contributed by atoms with Crippen molar-refractivity contribution in [2.24, 2.45) is 0 Å². The molecule has 5 rings (SSSR count). The Bertz CT molecular complexity index is 1600. The number of rotatable bonds is 5. The number of hydrogen-bond acceptors (Lipinski definition) is 3. The van der Waals surface area contributed by atoms with Crippen LogP contribution in [0, 0.1) is 29.6 Å². The van der Waals surface area contributed by atoms with Crippen LogP contribution in [0.5, 0.6) is 0 Å². The molecule has 0 amide bonds. The van der Waals surface area contributed by atoms with E-state index in [2.05, 4.69) is 65.6 Å². The molecule has 0 aliphatic rings. The van der Waals surface area contributed by atoms with Gasteiger partial charge in [-0.05, 0) is 60.0 Å². The number of hydrogen-bond donors (Lipinski definition) is 0. The van der Waals surface area contributed by atoms with Crippen LogP contribution in [-0.2, 0) is 0 Å². The number of aryl methyl sites for hydroxylation is 1. The highest BCUT2D eigenvalue weighted by atomic mass is 15.1. The van der Waals surface area contributed by atoms with Gasteiger partial charge in [-0.3, -0.25) is 0 Å². The van der Waals surface area contributed by atoms with Gasteiger partial charge >= 0.3 is 0 Å². The summed E-state index contributed by atoms with van der Waals surface area (Å²) in [6.07, 6.45) is 3.98. The third-order valence-corrected chi connectivity index (χ3v) is 6.30. The fourth-order valence-corrected chi connectivity index (χ4v) is 4.47. The fourth-order valence-electron chi connectivity index (χ4n) is 4.47. The van der Waals surface area contributed by atoms with Gasteiger partial charge < -0.3 is 4.90 Å². The third kappa shape index (κ3) is 4.34. The summed E-state index contributed by atoms with van der Waals surface area (Å²) < 4.78 is 0. The van der Waals surface area contributed by atoms with Crippen LogP contribution >= 0.6 is 0 Å². The van der Waals surface area contributed by atoms with Crippen LogP contribution in [-0.4, -0.2) is 0 Å².